The van der Waals surface area contributed by atoms with E-state index in [1.165, 1.54) is 0 Å². The van der Waals surface area contributed by atoms with Gasteiger partial charge >= 0.3 is 0 Å². The van der Waals surface area contributed by atoms with E-state index in [-0.39, 0.29) is 5.91 Å². The number of hydrogen-bond acceptors (Lipinski definition) is 3. The van der Waals surface area contributed by atoms with Gasteiger partial charge in [-0.25, -0.2) is 0 Å². The van der Waals surface area contributed by atoms with E-state index in [9.17, 15) is 9.59 Å². The summed E-state index contributed by atoms with van der Waals surface area (Å²) in [7, 11) is 1.69. The zero-order valence-corrected chi connectivity index (χ0v) is 10.2. The molecule has 5 heteroatoms. The second-order valence-corrected chi connectivity index (χ2v) is 4.24. The zero-order valence-electron chi connectivity index (χ0n) is 10.2. The summed E-state index contributed by atoms with van der Waals surface area (Å²) in [6.45, 7) is 3.49. The molecule has 0 heterocycles. The first-order valence-electron chi connectivity index (χ1n) is 5.27. The van der Waals surface area contributed by atoms with Crippen molar-refractivity contribution in [1.29, 1.82) is 0 Å². The highest BCUT2D eigenvalue weighted by Crippen LogP contribution is 2.16. The summed E-state index contributed by atoms with van der Waals surface area (Å²) in [5, 5.41) is 5.56. The summed E-state index contributed by atoms with van der Waals surface area (Å²) in [5.74, 6) is -0.795. The number of rotatable bonds is 4. The van der Waals surface area contributed by atoms with Crippen molar-refractivity contribution >= 4 is 17.5 Å². The standard InChI is InChI=1S/C12H17N3O2/c1-12(2,14-3)11(17)15-9-7-5-4-6-8(9)10(13)16/h4-7,14H,1-3H3,(H2,13,16)(H,15,17). The predicted octanol–water partition coefficient (Wildman–Crippen LogP) is 0.722. The van der Waals surface area contributed by atoms with Crippen molar-refractivity contribution in [2.45, 2.75) is 19.4 Å². The van der Waals surface area contributed by atoms with Crippen LogP contribution in [0.3, 0.4) is 0 Å². The zero-order chi connectivity index (χ0) is 13.1. The van der Waals surface area contributed by atoms with E-state index in [1.54, 1.807) is 45.2 Å². The second-order valence-electron chi connectivity index (χ2n) is 4.24. The monoisotopic (exact) mass is 235 g/mol. The number of carbonyl (C=O) groups excluding carboxylic acids is 2. The first kappa shape index (κ1) is 13.2. The largest absolute Gasteiger partial charge is 0.366 e. The number of carbonyl (C=O) groups is 2. The van der Waals surface area contributed by atoms with Crippen LogP contribution in [0.4, 0.5) is 5.69 Å². The third-order valence-electron chi connectivity index (χ3n) is 2.63. The number of likely N-dealkylation sites (N-methyl/N-ethyl adjacent to an activating group) is 1. The number of primary amides is 1. The summed E-state index contributed by atoms with van der Waals surface area (Å²) in [6.07, 6.45) is 0. The minimum Gasteiger partial charge on any atom is -0.366 e. The van der Waals surface area contributed by atoms with Gasteiger partial charge in [0.2, 0.25) is 5.91 Å². The van der Waals surface area contributed by atoms with Gasteiger partial charge in [-0.3, -0.25) is 9.59 Å². The van der Waals surface area contributed by atoms with Crippen LogP contribution in [0.25, 0.3) is 0 Å². The SMILES string of the molecule is CNC(C)(C)C(=O)Nc1ccccc1C(N)=O. The molecule has 0 bridgehead atoms. The molecule has 92 valence electrons. The van der Waals surface area contributed by atoms with E-state index in [0.29, 0.717) is 11.3 Å². The van der Waals surface area contributed by atoms with Crippen molar-refractivity contribution in [3.8, 4) is 0 Å². The molecule has 4 N–H and O–H groups in total. The number of para-hydroxylation sites is 1. The molecular weight excluding hydrogens is 218 g/mol. The molecule has 0 unspecified atom stereocenters. The molecule has 2 amide bonds. The van der Waals surface area contributed by atoms with Crippen LogP contribution >= 0.6 is 0 Å². The van der Waals surface area contributed by atoms with Crippen LogP contribution in [0, 0.1) is 0 Å². The quantitative estimate of drug-likeness (QED) is 0.719. The fourth-order valence-corrected chi connectivity index (χ4v) is 1.20. The van der Waals surface area contributed by atoms with Gasteiger partial charge in [0.05, 0.1) is 16.8 Å². The molecule has 17 heavy (non-hydrogen) atoms. The van der Waals surface area contributed by atoms with Gasteiger partial charge < -0.3 is 16.4 Å². The number of amides is 2. The first-order chi connectivity index (χ1) is 7.88. The van der Waals surface area contributed by atoms with Gasteiger partial charge in [-0.2, -0.15) is 0 Å². The van der Waals surface area contributed by atoms with Gasteiger partial charge in [0, 0.05) is 0 Å². The molecule has 0 fully saturated rings. The highest BCUT2D eigenvalue weighted by molar-refractivity contribution is 6.05. The van der Waals surface area contributed by atoms with Crippen LogP contribution in [0.2, 0.25) is 0 Å². The summed E-state index contributed by atoms with van der Waals surface area (Å²) in [6, 6.07) is 6.64. The molecule has 0 saturated carbocycles. The Morgan fingerprint density at radius 1 is 1.24 bits per heavy atom. The van der Waals surface area contributed by atoms with E-state index in [1.807, 2.05) is 0 Å². The van der Waals surface area contributed by atoms with Crippen LogP contribution in [0.15, 0.2) is 24.3 Å². The molecular formula is C12H17N3O2. The predicted molar refractivity (Wildman–Crippen MR) is 66.7 cm³/mol. The number of nitrogens with one attached hydrogen (secondary N) is 2. The molecule has 0 radical (unpaired) electrons. The topological polar surface area (TPSA) is 84.2 Å². The van der Waals surface area contributed by atoms with Crippen molar-refractivity contribution in [2.24, 2.45) is 5.73 Å². The van der Waals surface area contributed by atoms with Gasteiger partial charge in [0.15, 0.2) is 0 Å². The summed E-state index contributed by atoms with van der Waals surface area (Å²) in [4.78, 5) is 23.1. The maximum absolute atomic E-state index is 11.9. The van der Waals surface area contributed by atoms with Crippen LogP contribution in [0.5, 0.6) is 0 Å². The minimum absolute atomic E-state index is 0.228. The lowest BCUT2D eigenvalue weighted by molar-refractivity contribution is -0.121. The molecule has 0 saturated heterocycles. The Kier molecular flexibility index (Phi) is 3.85. The Hall–Kier alpha value is -1.88. The van der Waals surface area contributed by atoms with E-state index in [2.05, 4.69) is 10.6 Å². The number of benzene rings is 1. The molecule has 0 atom stereocenters. The maximum Gasteiger partial charge on any atom is 0.250 e. The van der Waals surface area contributed by atoms with E-state index in [0.717, 1.165) is 0 Å². The van der Waals surface area contributed by atoms with Gasteiger partial charge in [-0.05, 0) is 33.0 Å². The van der Waals surface area contributed by atoms with E-state index < -0.39 is 11.4 Å². The molecule has 1 rings (SSSR count). The summed E-state index contributed by atoms with van der Waals surface area (Å²) >= 11 is 0. The third kappa shape index (κ3) is 3.04. The Balaban J connectivity index is 2.97. The van der Waals surface area contributed by atoms with Crippen molar-refractivity contribution < 1.29 is 9.59 Å². The van der Waals surface area contributed by atoms with Crippen molar-refractivity contribution in [3.63, 3.8) is 0 Å². The van der Waals surface area contributed by atoms with Crippen molar-refractivity contribution in [1.82, 2.24) is 5.32 Å². The lowest BCUT2D eigenvalue weighted by Crippen LogP contribution is -2.48. The third-order valence-corrected chi connectivity index (χ3v) is 2.63. The Labute approximate surface area is 100 Å². The lowest BCUT2D eigenvalue weighted by Gasteiger charge is -2.23. The van der Waals surface area contributed by atoms with Gasteiger partial charge in [0.25, 0.3) is 5.91 Å². The molecule has 0 aliphatic carbocycles. The second kappa shape index (κ2) is 4.97. The van der Waals surface area contributed by atoms with Crippen LogP contribution in [-0.4, -0.2) is 24.4 Å². The van der Waals surface area contributed by atoms with Crippen LogP contribution in [-0.2, 0) is 4.79 Å². The van der Waals surface area contributed by atoms with E-state index in [4.69, 9.17) is 5.73 Å². The maximum atomic E-state index is 11.9. The average Bonchev–Trinajstić information content (AvgIpc) is 2.29. The molecule has 0 aliphatic rings. The smallest absolute Gasteiger partial charge is 0.250 e. The number of nitrogens with two attached hydrogens (primary N) is 1. The Morgan fingerprint density at radius 3 is 2.35 bits per heavy atom. The Morgan fingerprint density at radius 2 is 1.82 bits per heavy atom. The highest BCUT2D eigenvalue weighted by atomic mass is 16.2. The molecule has 0 aromatic heterocycles. The van der Waals surface area contributed by atoms with Crippen molar-refractivity contribution in [2.75, 3.05) is 12.4 Å². The molecule has 0 spiro atoms. The lowest BCUT2D eigenvalue weighted by atomic mass is 10.0. The normalized spacial score (nSPS) is 11.0. The first-order valence-corrected chi connectivity index (χ1v) is 5.27. The fraction of sp³-hybridized carbons (Fsp3) is 0.333. The summed E-state index contributed by atoms with van der Waals surface area (Å²) < 4.78 is 0. The molecule has 5 nitrogen and oxygen atoms in total. The Bertz CT molecular complexity index is 441. The minimum atomic E-state index is -0.718. The number of anilines is 1. The van der Waals surface area contributed by atoms with Crippen molar-refractivity contribution in [3.05, 3.63) is 29.8 Å². The fourth-order valence-electron chi connectivity index (χ4n) is 1.20. The van der Waals surface area contributed by atoms with E-state index >= 15 is 0 Å². The van der Waals surface area contributed by atoms with Crippen LogP contribution < -0.4 is 16.4 Å². The number of hydrogen-bond donors (Lipinski definition) is 3. The summed E-state index contributed by atoms with van der Waals surface area (Å²) in [5.41, 5.74) is 5.23. The van der Waals surface area contributed by atoms with Gasteiger partial charge in [0.1, 0.15) is 0 Å². The molecule has 1 aromatic carbocycles. The molecule has 1 aromatic rings. The van der Waals surface area contributed by atoms with Gasteiger partial charge in [-0.1, -0.05) is 12.1 Å². The highest BCUT2D eigenvalue weighted by Gasteiger charge is 2.26. The van der Waals surface area contributed by atoms with Crippen LogP contribution in [0.1, 0.15) is 24.2 Å². The average molecular weight is 235 g/mol. The van der Waals surface area contributed by atoms with Gasteiger partial charge in [-0.15, -0.1) is 0 Å². The molecule has 0 aliphatic heterocycles.